The van der Waals surface area contributed by atoms with E-state index in [4.69, 9.17) is 9.26 Å². The number of ether oxygens (including phenoxy) is 1. The third kappa shape index (κ3) is 2.40. The topological polar surface area (TPSA) is 87.5 Å². The van der Waals surface area contributed by atoms with Crippen molar-refractivity contribution in [3.05, 3.63) is 46.8 Å². The summed E-state index contributed by atoms with van der Waals surface area (Å²) in [6.45, 7) is 4.68. The molecule has 8 heteroatoms. The molecule has 0 aliphatic carbocycles. The molecule has 0 spiro atoms. The second-order valence-corrected chi connectivity index (χ2v) is 7.03. The third-order valence-electron chi connectivity index (χ3n) is 4.96. The van der Waals surface area contributed by atoms with Crippen molar-refractivity contribution in [2.75, 3.05) is 6.61 Å². The van der Waals surface area contributed by atoms with Gasteiger partial charge in [-0.05, 0) is 38.8 Å². The number of para-hydroxylation sites is 2. The molecule has 27 heavy (non-hydrogen) atoms. The molecule has 5 rings (SSSR count). The fourth-order valence-electron chi connectivity index (χ4n) is 3.74. The highest BCUT2D eigenvalue weighted by Crippen LogP contribution is 2.29. The fourth-order valence-corrected chi connectivity index (χ4v) is 3.74. The Hall–Kier alpha value is -3.00. The molecule has 1 unspecified atom stereocenters. The van der Waals surface area contributed by atoms with Crippen molar-refractivity contribution in [3.63, 3.8) is 0 Å². The molecule has 3 aromatic heterocycles. The highest BCUT2D eigenvalue weighted by molar-refractivity contribution is 5.83. The minimum Gasteiger partial charge on any atom is -0.368 e. The van der Waals surface area contributed by atoms with E-state index in [0.717, 1.165) is 23.9 Å². The second-order valence-electron chi connectivity index (χ2n) is 7.03. The van der Waals surface area contributed by atoms with E-state index in [-0.39, 0.29) is 17.7 Å². The van der Waals surface area contributed by atoms with Crippen molar-refractivity contribution in [2.24, 2.45) is 0 Å². The molecule has 4 heterocycles. The number of benzene rings is 1. The summed E-state index contributed by atoms with van der Waals surface area (Å²) in [4.78, 5) is 22.2. The largest absolute Gasteiger partial charge is 0.368 e. The number of aromatic nitrogens is 5. The van der Waals surface area contributed by atoms with Crippen LogP contribution in [0, 0.1) is 0 Å². The average molecular weight is 365 g/mol. The van der Waals surface area contributed by atoms with Crippen LogP contribution in [0.1, 0.15) is 44.7 Å². The maximum absolute atomic E-state index is 13.3. The van der Waals surface area contributed by atoms with E-state index in [1.165, 1.54) is 0 Å². The van der Waals surface area contributed by atoms with Gasteiger partial charge in [-0.15, -0.1) is 0 Å². The van der Waals surface area contributed by atoms with Crippen LogP contribution in [0.15, 0.2) is 39.9 Å². The van der Waals surface area contributed by atoms with Crippen LogP contribution in [-0.4, -0.2) is 30.7 Å². The number of hydrogen-bond acceptors (Lipinski definition) is 6. The van der Waals surface area contributed by atoms with Gasteiger partial charge in [-0.1, -0.05) is 17.3 Å². The van der Waals surface area contributed by atoms with Gasteiger partial charge in [0.1, 0.15) is 23.6 Å². The van der Waals surface area contributed by atoms with Crippen LogP contribution < -0.4 is 5.56 Å². The highest BCUT2D eigenvalue weighted by Gasteiger charge is 2.26. The molecule has 138 valence electrons. The zero-order valence-corrected chi connectivity index (χ0v) is 15.1. The number of imidazole rings is 1. The summed E-state index contributed by atoms with van der Waals surface area (Å²) < 4.78 is 14.6. The lowest BCUT2D eigenvalue weighted by molar-refractivity contribution is 0.0835. The SMILES string of the molecule is CC(C)n1c(=O)c2c(-c3noc(C4CCCO4)n3)ncn2c2ccccc21. The zero-order chi connectivity index (χ0) is 18.5. The van der Waals surface area contributed by atoms with Crippen LogP contribution in [0.2, 0.25) is 0 Å². The molecule has 4 aromatic rings. The van der Waals surface area contributed by atoms with Gasteiger partial charge in [0.25, 0.3) is 11.4 Å². The van der Waals surface area contributed by atoms with E-state index in [9.17, 15) is 4.79 Å². The van der Waals surface area contributed by atoms with E-state index in [2.05, 4.69) is 15.1 Å². The Labute approximate surface area is 154 Å². The first-order valence-corrected chi connectivity index (χ1v) is 9.11. The smallest absolute Gasteiger partial charge is 0.278 e. The van der Waals surface area contributed by atoms with Crippen LogP contribution in [0.25, 0.3) is 28.1 Å². The molecule has 0 radical (unpaired) electrons. The minimum absolute atomic E-state index is 0.00266. The van der Waals surface area contributed by atoms with Crippen molar-refractivity contribution in [3.8, 4) is 11.5 Å². The Morgan fingerprint density at radius 1 is 1.22 bits per heavy atom. The van der Waals surface area contributed by atoms with Gasteiger partial charge < -0.3 is 13.8 Å². The predicted octanol–water partition coefficient (Wildman–Crippen LogP) is 3.13. The normalized spacial score (nSPS) is 17.5. The Kier molecular flexibility index (Phi) is 3.61. The molecule has 1 aliphatic rings. The molecule has 0 bridgehead atoms. The molecule has 1 saturated heterocycles. The predicted molar refractivity (Wildman–Crippen MR) is 98.6 cm³/mol. The van der Waals surface area contributed by atoms with Crippen molar-refractivity contribution < 1.29 is 9.26 Å². The standard InChI is InChI=1S/C19H19N5O3/c1-11(2)24-13-7-4-3-6-12(13)23-10-20-15(16(23)19(24)25)17-21-18(27-22-17)14-8-5-9-26-14/h3-4,6-7,10-11,14H,5,8-9H2,1-2H3. The molecule has 1 atom stereocenters. The molecular formula is C19H19N5O3. The van der Waals surface area contributed by atoms with Crippen molar-refractivity contribution >= 4 is 16.6 Å². The highest BCUT2D eigenvalue weighted by atomic mass is 16.5. The lowest BCUT2D eigenvalue weighted by atomic mass is 10.2. The van der Waals surface area contributed by atoms with Crippen LogP contribution in [0.4, 0.5) is 0 Å². The summed E-state index contributed by atoms with van der Waals surface area (Å²) in [6, 6.07) is 7.79. The van der Waals surface area contributed by atoms with E-state index >= 15 is 0 Å². The summed E-state index contributed by atoms with van der Waals surface area (Å²) >= 11 is 0. The number of hydrogen-bond donors (Lipinski definition) is 0. The monoisotopic (exact) mass is 365 g/mol. The van der Waals surface area contributed by atoms with Gasteiger partial charge >= 0.3 is 0 Å². The number of nitrogens with zero attached hydrogens (tertiary/aromatic N) is 5. The van der Waals surface area contributed by atoms with Crippen LogP contribution in [-0.2, 0) is 4.74 Å². The summed E-state index contributed by atoms with van der Waals surface area (Å²) in [6.07, 6.45) is 3.30. The second kappa shape index (κ2) is 6.02. The Morgan fingerprint density at radius 2 is 2.04 bits per heavy atom. The molecular weight excluding hydrogens is 346 g/mol. The first kappa shape index (κ1) is 16.2. The maximum atomic E-state index is 13.3. The van der Waals surface area contributed by atoms with Crippen LogP contribution in [0.5, 0.6) is 0 Å². The van der Waals surface area contributed by atoms with Crippen molar-refractivity contribution in [1.29, 1.82) is 0 Å². The molecule has 8 nitrogen and oxygen atoms in total. The Bertz CT molecular complexity index is 1200. The van der Waals surface area contributed by atoms with Gasteiger partial charge in [-0.3, -0.25) is 9.20 Å². The van der Waals surface area contributed by atoms with E-state index in [0.29, 0.717) is 29.5 Å². The fraction of sp³-hybridized carbons (Fsp3) is 0.368. The van der Waals surface area contributed by atoms with Gasteiger partial charge in [0.15, 0.2) is 0 Å². The van der Waals surface area contributed by atoms with Crippen molar-refractivity contribution in [1.82, 2.24) is 24.1 Å². The van der Waals surface area contributed by atoms with E-state index in [1.54, 1.807) is 15.3 Å². The quantitative estimate of drug-likeness (QED) is 0.554. The molecule has 0 N–H and O–H groups in total. The van der Waals surface area contributed by atoms with Crippen LogP contribution >= 0.6 is 0 Å². The summed E-state index contributed by atoms with van der Waals surface area (Å²) in [5.41, 5.74) is 2.51. The lowest BCUT2D eigenvalue weighted by Crippen LogP contribution is -2.24. The molecule has 1 aliphatic heterocycles. The lowest BCUT2D eigenvalue weighted by Gasteiger charge is -2.15. The third-order valence-corrected chi connectivity index (χ3v) is 4.96. The molecule has 1 fully saturated rings. The molecule has 1 aromatic carbocycles. The van der Waals surface area contributed by atoms with Crippen LogP contribution in [0.3, 0.4) is 0 Å². The maximum Gasteiger partial charge on any atom is 0.278 e. The van der Waals surface area contributed by atoms with Gasteiger partial charge in [-0.2, -0.15) is 4.98 Å². The van der Waals surface area contributed by atoms with Gasteiger partial charge in [-0.25, -0.2) is 4.98 Å². The first-order chi connectivity index (χ1) is 13.1. The zero-order valence-electron chi connectivity index (χ0n) is 15.1. The van der Waals surface area contributed by atoms with Gasteiger partial charge in [0.2, 0.25) is 5.82 Å². The van der Waals surface area contributed by atoms with E-state index < -0.39 is 0 Å². The minimum atomic E-state index is -0.173. The average Bonchev–Trinajstić information content (AvgIpc) is 3.40. The van der Waals surface area contributed by atoms with E-state index in [1.807, 2.05) is 38.1 Å². The van der Waals surface area contributed by atoms with Gasteiger partial charge in [0.05, 0.1) is 11.0 Å². The summed E-state index contributed by atoms with van der Waals surface area (Å²) in [5.74, 6) is 0.749. The molecule has 0 saturated carbocycles. The summed E-state index contributed by atoms with van der Waals surface area (Å²) in [5, 5.41) is 4.06. The number of fused-ring (bicyclic) bond motifs is 3. The Morgan fingerprint density at radius 3 is 2.78 bits per heavy atom. The number of rotatable bonds is 3. The summed E-state index contributed by atoms with van der Waals surface area (Å²) in [7, 11) is 0. The Balaban J connectivity index is 1.76. The molecule has 0 amide bonds. The van der Waals surface area contributed by atoms with Gasteiger partial charge in [0, 0.05) is 12.6 Å². The van der Waals surface area contributed by atoms with Crippen molar-refractivity contribution in [2.45, 2.75) is 38.8 Å². The first-order valence-electron chi connectivity index (χ1n) is 9.11.